The van der Waals surface area contributed by atoms with E-state index in [4.69, 9.17) is 0 Å². The monoisotopic (exact) mass is 413 g/mol. The number of aryl methyl sites for hydroxylation is 1. The van der Waals surface area contributed by atoms with Crippen molar-refractivity contribution in [1.29, 1.82) is 0 Å². The predicted octanol–water partition coefficient (Wildman–Crippen LogP) is 3.63. The van der Waals surface area contributed by atoms with E-state index in [2.05, 4.69) is 13.8 Å². The van der Waals surface area contributed by atoms with Gasteiger partial charge in [-0.3, -0.25) is 18.7 Å². The molecule has 1 aromatic carbocycles. The number of hydrogen-bond acceptors (Lipinski definition) is 4. The topological polar surface area (TPSA) is 64.3 Å². The number of anilines is 1. The summed E-state index contributed by atoms with van der Waals surface area (Å²) in [5, 5.41) is 1.79. The van der Waals surface area contributed by atoms with Crippen molar-refractivity contribution in [3.63, 3.8) is 0 Å². The Kier molecular flexibility index (Phi) is 6.37. The summed E-state index contributed by atoms with van der Waals surface area (Å²) in [7, 11) is 0. The van der Waals surface area contributed by atoms with Crippen molar-refractivity contribution in [2.24, 2.45) is 5.92 Å². The van der Waals surface area contributed by atoms with Gasteiger partial charge < -0.3 is 4.90 Å². The third kappa shape index (κ3) is 4.34. The van der Waals surface area contributed by atoms with Crippen LogP contribution in [0.2, 0.25) is 0 Å². The number of likely N-dealkylation sites (N-methyl/N-ethyl adjacent to an activating group) is 1. The van der Waals surface area contributed by atoms with Crippen molar-refractivity contribution >= 4 is 33.1 Å². The summed E-state index contributed by atoms with van der Waals surface area (Å²) in [6.45, 7) is 8.74. The maximum Gasteiger partial charge on any atom is 0.332 e. The Morgan fingerprint density at radius 3 is 2.59 bits per heavy atom. The van der Waals surface area contributed by atoms with Crippen LogP contribution >= 0.6 is 11.3 Å². The van der Waals surface area contributed by atoms with E-state index >= 15 is 0 Å². The zero-order valence-electron chi connectivity index (χ0n) is 17.3. The van der Waals surface area contributed by atoms with Gasteiger partial charge in [0.05, 0.1) is 5.52 Å². The van der Waals surface area contributed by atoms with Gasteiger partial charge in [0.1, 0.15) is 11.2 Å². The third-order valence-corrected chi connectivity index (χ3v) is 5.88. The average molecular weight is 414 g/mol. The molecule has 0 radical (unpaired) electrons. The summed E-state index contributed by atoms with van der Waals surface area (Å²) in [4.78, 5) is 40.7. The van der Waals surface area contributed by atoms with Crippen LogP contribution in [0.3, 0.4) is 0 Å². The Morgan fingerprint density at radius 2 is 1.93 bits per heavy atom. The fourth-order valence-electron chi connectivity index (χ4n) is 3.39. The molecule has 3 rings (SSSR count). The molecule has 1 amide bonds. The minimum atomic E-state index is -0.421. The molecule has 0 aliphatic carbocycles. The Hall–Kier alpha value is -2.67. The quantitative estimate of drug-likeness (QED) is 0.594. The van der Waals surface area contributed by atoms with E-state index < -0.39 is 5.69 Å². The average Bonchev–Trinajstić information content (AvgIpc) is 3.15. The molecule has 0 saturated heterocycles. The molecule has 3 aromatic rings. The highest BCUT2D eigenvalue weighted by molar-refractivity contribution is 7.17. The molecular formula is C22H27N3O3S. The van der Waals surface area contributed by atoms with E-state index in [1.165, 1.54) is 20.5 Å². The first kappa shape index (κ1) is 21.0. The lowest BCUT2D eigenvalue weighted by atomic mass is 10.1. The lowest BCUT2D eigenvalue weighted by molar-refractivity contribution is -0.119. The third-order valence-electron chi connectivity index (χ3n) is 4.99. The highest BCUT2D eigenvalue weighted by atomic mass is 32.1. The van der Waals surface area contributed by atoms with Gasteiger partial charge in [0.25, 0.3) is 5.56 Å². The summed E-state index contributed by atoms with van der Waals surface area (Å²) in [6.07, 6.45) is 0.727. The molecule has 0 atom stereocenters. The molecule has 0 aliphatic rings. The minimum Gasteiger partial charge on any atom is -0.311 e. The lowest BCUT2D eigenvalue weighted by Gasteiger charge is -2.22. The van der Waals surface area contributed by atoms with E-state index in [0.29, 0.717) is 29.2 Å². The highest BCUT2D eigenvalue weighted by Crippen LogP contribution is 2.18. The predicted molar refractivity (Wildman–Crippen MR) is 119 cm³/mol. The number of thiophene rings is 1. The van der Waals surface area contributed by atoms with Gasteiger partial charge in [-0.2, -0.15) is 0 Å². The zero-order chi connectivity index (χ0) is 21.1. The summed E-state index contributed by atoms with van der Waals surface area (Å²) in [6, 6.07) is 9.47. The molecule has 7 heteroatoms. The van der Waals surface area contributed by atoms with Crippen molar-refractivity contribution in [2.45, 2.75) is 47.2 Å². The molecule has 0 unspecified atom stereocenters. The Bertz CT molecular complexity index is 1140. The number of amides is 1. The number of carbonyl (C=O) groups is 1. The van der Waals surface area contributed by atoms with Crippen molar-refractivity contribution in [2.75, 3.05) is 11.4 Å². The van der Waals surface area contributed by atoms with Gasteiger partial charge in [0.15, 0.2) is 0 Å². The van der Waals surface area contributed by atoms with E-state index in [1.807, 2.05) is 38.1 Å². The first-order chi connectivity index (χ1) is 13.8. The molecule has 0 aliphatic heterocycles. The fraction of sp³-hybridized carbons (Fsp3) is 0.409. The number of fused-ring (bicyclic) bond motifs is 1. The molecule has 29 heavy (non-hydrogen) atoms. The molecule has 0 bridgehead atoms. The van der Waals surface area contributed by atoms with Crippen LogP contribution in [0.1, 0.15) is 32.8 Å². The molecule has 2 aromatic heterocycles. The van der Waals surface area contributed by atoms with Crippen molar-refractivity contribution in [3.05, 3.63) is 62.1 Å². The van der Waals surface area contributed by atoms with Crippen LogP contribution in [0.25, 0.3) is 10.2 Å². The zero-order valence-corrected chi connectivity index (χ0v) is 18.2. The van der Waals surface area contributed by atoms with Gasteiger partial charge in [-0.15, -0.1) is 11.3 Å². The largest absolute Gasteiger partial charge is 0.332 e. The first-order valence-corrected chi connectivity index (χ1v) is 10.8. The maximum atomic E-state index is 13.1. The molecule has 0 saturated carbocycles. The smallest absolute Gasteiger partial charge is 0.311 e. The SMILES string of the molecule is CCN(C(=O)Cn1c(=O)n(CCC(C)C)c(=O)c2sccc21)c1cccc(C)c1. The van der Waals surface area contributed by atoms with E-state index in [-0.39, 0.29) is 18.0 Å². The molecule has 0 spiro atoms. The second-order valence-corrected chi connectivity index (χ2v) is 8.54. The second kappa shape index (κ2) is 8.78. The van der Waals surface area contributed by atoms with Crippen LogP contribution < -0.4 is 16.1 Å². The number of carbonyl (C=O) groups excluding carboxylic acids is 1. The Balaban J connectivity index is 2.02. The molecule has 2 heterocycles. The highest BCUT2D eigenvalue weighted by Gasteiger charge is 2.20. The standard InChI is InChI=1S/C22H27N3O3S/c1-5-23(17-8-6-7-16(4)13-17)19(26)14-25-18-10-12-29-20(18)21(27)24(22(25)28)11-9-15(2)3/h6-8,10,12-13,15H,5,9,11,14H2,1-4H3. The molecule has 154 valence electrons. The van der Waals surface area contributed by atoms with Crippen molar-refractivity contribution in [3.8, 4) is 0 Å². The Morgan fingerprint density at radius 1 is 1.17 bits per heavy atom. The molecule has 6 nitrogen and oxygen atoms in total. The summed E-state index contributed by atoms with van der Waals surface area (Å²) in [5.74, 6) is 0.189. The number of nitrogens with zero attached hydrogens (tertiary/aromatic N) is 3. The molecule has 0 fully saturated rings. The van der Waals surface area contributed by atoms with Crippen molar-refractivity contribution < 1.29 is 4.79 Å². The van der Waals surface area contributed by atoms with Crippen LogP contribution in [0.15, 0.2) is 45.3 Å². The normalized spacial score (nSPS) is 11.3. The van der Waals surface area contributed by atoms with Crippen LogP contribution in [0, 0.1) is 12.8 Å². The summed E-state index contributed by atoms with van der Waals surface area (Å²) >= 11 is 1.31. The first-order valence-electron chi connectivity index (χ1n) is 9.91. The van der Waals surface area contributed by atoms with Gasteiger partial charge in [0.2, 0.25) is 5.91 Å². The number of benzene rings is 1. The van der Waals surface area contributed by atoms with Gasteiger partial charge >= 0.3 is 5.69 Å². The van der Waals surface area contributed by atoms with Crippen LogP contribution in [-0.2, 0) is 17.9 Å². The maximum absolute atomic E-state index is 13.1. The van der Waals surface area contributed by atoms with Gasteiger partial charge in [-0.05, 0) is 55.3 Å². The van der Waals surface area contributed by atoms with Crippen molar-refractivity contribution in [1.82, 2.24) is 9.13 Å². The minimum absolute atomic E-state index is 0.101. The Labute approximate surface area is 174 Å². The molecule has 0 N–H and O–H groups in total. The van der Waals surface area contributed by atoms with Crippen LogP contribution in [0.5, 0.6) is 0 Å². The summed E-state index contributed by atoms with van der Waals surface area (Å²) < 4.78 is 3.23. The van der Waals surface area contributed by atoms with Crippen LogP contribution in [-0.4, -0.2) is 21.6 Å². The lowest BCUT2D eigenvalue weighted by Crippen LogP contribution is -2.43. The number of aromatic nitrogens is 2. The van der Waals surface area contributed by atoms with E-state index in [9.17, 15) is 14.4 Å². The van der Waals surface area contributed by atoms with E-state index in [0.717, 1.165) is 17.7 Å². The van der Waals surface area contributed by atoms with E-state index in [1.54, 1.807) is 16.3 Å². The van der Waals surface area contributed by atoms with Gasteiger partial charge in [-0.1, -0.05) is 26.0 Å². The fourth-order valence-corrected chi connectivity index (χ4v) is 4.23. The van der Waals surface area contributed by atoms with Crippen LogP contribution in [0.4, 0.5) is 5.69 Å². The van der Waals surface area contributed by atoms with Gasteiger partial charge in [-0.25, -0.2) is 4.79 Å². The second-order valence-electron chi connectivity index (χ2n) is 7.62. The summed E-state index contributed by atoms with van der Waals surface area (Å²) in [5.41, 5.74) is 1.71. The number of hydrogen-bond donors (Lipinski definition) is 0. The molecular weight excluding hydrogens is 386 g/mol. The van der Waals surface area contributed by atoms with Gasteiger partial charge in [0, 0.05) is 18.8 Å². The number of rotatable bonds is 7.